The third-order valence-electron chi connectivity index (χ3n) is 2.51. The Morgan fingerprint density at radius 2 is 1.90 bits per heavy atom. The van der Waals surface area contributed by atoms with Crippen LogP contribution in [-0.2, 0) is 14.8 Å². The van der Waals surface area contributed by atoms with E-state index in [1.165, 1.54) is 12.1 Å². The minimum absolute atomic E-state index is 0.00922. The van der Waals surface area contributed by atoms with E-state index in [2.05, 4.69) is 13.8 Å². The number of carbonyl (C=O) groups is 1. The van der Waals surface area contributed by atoms with Crippen LogP contribution in [0.3, 0.4) is 0 Å². The Bertz CT molecular complexity index is 536. The number of sulfonamides is 1. The summed E-state index contributed by atoms with van der Waals surface area (Å²) in [6.07, 6.45) is 0.917. The zero-order chi connectivity index (χ0) is 15.2. The molecule has 1 aromatic rings. The minimum Gasteiger partial charge on any atom is -0.494 e. The number of carboxylic acid groups (broad SMARTS) is 1. The number of benzene rings is 1. The molecule has 7 heteroatoms. The van der Waals surface area contributed by atoms with Crippen LogP contribution in [0.2, 0.25) is 0 Å². The van der Waals surface area contributed by atoms with Gasteiger partial charge in [0, 0.05) is 0 Å². The van der Waals surface area contributed by atoms with Crippen molar-refractivity contribution in [3.8, 4) is 5.75 Å². The number of aliphatic carboxylic acids is 1. The van der Waals surface area contributed by atoms with Crippen molar-refractivity contribution in [2.45, 2.75) is 25.2 Å². The third-order valence-corrected chi connectivity index (χ3v) is 3.93. The molecule has 0 aliphatic heterocycles. The fraction of sp³-hybridized carbons (Fsp3) is 0.462. The second-order valence-electron chi connectivity index (χ2n) is 4.72. The summed E-state index contributed by atoms with van der Waals surface area (Å²) < 4.78 is 30.9. The molecule has 2 N–H and O–H groups in total. The Kier molecular flexibility index (Phi) is 5.97. The Labute approximate surface area is 118 Å². The fourth-order valence-corrected chi connectivity index (χ4v) is 2.34. The highest BCUT2D eigenvalue weighted by Crippen LogP contribution is 2.16. The summed E-state index contributed by atoms with van der Waals surface area (Å²) >= 11 is 0. The largest absolute Gasteiger partial charge is 0.494 e. The van der Waals surface area contributed by atoms with Crippen LogP contribution in [0.25, 0.3) is 0 Å². The van der Waals surface area contributed by atoms with E-state index < -0.39 is 22.5 Å². The van der Waals surface area contributed by atoms with E-state index >= 15 is 0 Å². The van der Waals surface area contributed by atoms with Gasteiger partial charge in [-0.15, -0.1) is 0 Å². The summed E-state index contributed by atoms with van der Waals surface area (Å²) in [5, 5.41) is 8.46. The molecule has 0 aliphatic rings. The minimum atomic E-state index is -3.79. The van der Waals surface area contributed by atoms with E-state index in [4.69, 9.17) is 9.84 Å². The molecule has 0 aliphatic carbocycles. The molecule has 0 fully saturated rings. The summed E-state index contributed by atoms with van der Waals surface area (Å²) in [7, 11) is -3.79. The van der Waals surface area contributed by atoms with Crippen molar-refractivity contribution in [3.63, 3.8) is 0 Å². The first-order valence-corrected chi connectivity index (χ1v) is 7.74. The molecule has 1 aromatic carbocycles. The molecule has 0 heterocycles. The SMILES string of the molecule is CC(C)CCOc1ccc(S(=O)(=O)NCC(=O)O)cc1. The number of rotatable bonds is 8. The number of hydrogen-bond donors (Lipinski definition) is 2. The second kappa shape index (κ2) is 7.25. The van der Waals surface area contributed by atoms with Crippen molar-refractivity contribution in [1.29, 1.82) is 0 Å². The van der Waals surface area contributed by atoms with Crippen molar-refractivity contribution >= 4 is 16.0 Å². The molecule has 1 rings (SSSR count). The molecule has 0 bridgehead atoms. The van der Waals surface area contributed by atoms with E-state index in [-0.39, 0.29) is 4.90 Å². The van der Waals surface area contributed by atoms with Gasteiger partial charge in [0.15, 0.2) is 0 Å². The number of carboxylic acids is 1. The first-order valence-electron chi connectivity index (χ1n) is 6.25. The zero-order valence-corrected chi connectivity index (χ0v) is 12.3. The van der Waals surface area contributed by atoms with E-state index in [1.54, 1.807) is 12.1 Å². The topological polar surface area (TPSA) is 92.7 Å². The first kappa shape index (κ1) is 16.5. The Morgan fingerprint density at radius 1 is 1.30 bits per heavy atom. The zero-order valence-electron chi connectivity index (χ0n) is 11.5. The second-order valence-corrected chi connectivity index (χ2v) is 6.49. The van der Waals surface area contributed by atoms with Gasteiger partial charge >= 0.3 is 5.97 Å². The molecule has 0 unspecified atom stereocenters. The van der Waals surface area contributed by atoms with Gasteiger partial charge in [0.1, 0.15) is 12.3 Å². The summed E-state index contributed by atoms with van der Waals surface area (Å²) in [6, 6.07) is 5.87. The highest BCUT2D eigenvalue weighted by Gasteiger charge is 2.14. The van der Waals surface area contributed by atoms with Gasteiger partial charge in [0.05, 0.1) is 11.5 Å². The normalized spacial score (nSPS) is 11.6. The quantitative estimate of drug-likeness (QED) is 0.758. The summed E-state index contributed by atoms with van der Waals surface area (Å²) in [5.74, 6) is -0.111. The van der Waals surface area contributed by atoms with E-state index in [1.807, 2.05) is 4.72 Å². The standard InChI is InChI=1S/C13H19NO5S/c1-10(2)7-8-19-11-3-5-12(6-4-11)20(17,18)14-9-13(15)16/h3-6,10,14H,7-9H2,1-2H3,(H,15,16). The van der Waals surface area contributed by atoms with Crippen LogP contribution >= 0.6 is 0 Å². The van der Waals surface area contributed by atoms with Gasteiger partial charge in [0.2, 0.25) is 10.0 Å². The molecule has 0 saturated carbocycles. The molecular weight excluding hydrogens is 282 g/mol. The van der Waals surface area contributed by atoms with Crippen molar-refractivity contribution < 1.29 is 23.1 Å². The average Bonchev–Trinajstić information content (AvgIpc) is 2.37. The summed E-state index contributed by atoms with van der Waals surface area (Å²) in [4.78, 5) is 10.4. The van der Waals surface area contributed by atoms with Gasteiger partial charge in [-0.25, -0.2) is 8.42 Å². The van der Waals surface area contributed by atoms with Crippen molar-refractivity contribution in [1.82, 2.24) is 4.72 Å². The predicted molar refractivity (Wildman–Crippen MR) is 74.2 cm³/mol. The summed E-state index contributed by atoms with van der Waals surface area (Å²) in [6.45, 7) is 4.11. The maximum absolute atomic E-state index is 11.7. The maximum Gasteiger partial charge on any atom is 0.318 e. The molecule has 112 valence electrons. The van der Waals surface area contributed by atoms with Crippen molar-refractivity contribution in [2.75, 3.05) is 13.2 Å². The van der Waals surface area contributed by atoms with Gasteiger partial charge in [0.25, 0.3) is 0 Å². The van der Waals surface area contributed by atoms with Gasteiger partial charge < -0.3 is 9.84 Å². The highest BCUT2D eigenvalue weighted by atomic mass is 32.2. The van der Waals surface area contributed by atoms with Gasteiger partial charge in [-0.1, -0.05) is 13.8 Å². The molecular formula is C13H19NO5S. The van der Waals surface area contributed by atoms with Crippen LogP contribution in [0.4, 0.5) is 0 Å². The smallest absolute Gasteiger partial charge is 0.318 e. The predicted octanol–water partition coefficient (Wildman–Crippen LogP) is 1.47. The van der Waals surface area contributed by atoms with E-state index in [9.17, 15) is 13.2 Å². The molecule has 0 atom stereocenters. The lowest BCUT2D eigenvalue weighted by Crippen LogP contribution is -2.29. The van der Waals surface area contributed by atoms with Gasteiger partial charge in [-0.2, -0.15) is 4.72 Å². The summed E-state index contributed by atoms with van der Waals surface area (Å²) in [5.41, 5.74) is 0. The van der Waals surface area contributed by atoms with E-state index in [0.717, 1.165) is 6.42 Å². The van der Waals surface area contributed by atoms with Crippen LogP contribution in [0, 0.1) is 5.92 Å². The number of nitrogens with one attached hydrogen (secondary N) is 1. The third kappa shape index (κ3) is 5.58. The average molecular weight is 301 g/mol. The first-order chi connectivity index (χ1) is 9.31. The molecule has 0 amide bonds. The number of ether oxygens (including phenoxy) is 1. The van der Waals surface area contributed by atoms with E-state index in [0.29, 0.717) is 18.3 Å². The Hall–Kier alpha value is -1.60. The number of hydrogen-bond acceptors (Lipinski definition) is 4. The Morgan fingerprint density at radius 3 is 2.40 bits per heavy atom. The lowest BCUT2D eigenvalue weighted by atomic mass is 10.1. The fourth-order valence-electron chi connectivity index (χ4n) is 1.37. The van der Waals surface area contributed by atoms with Crippen LogP contribution in [0.5, 0.6) is 5.75 Å². The van der Waals surface area contributed by atoms with Crippen LogP contribution in [0.15, 0.2) is 29.2 Å². The van der Waals surface area contributed by atoms with Crippen LogP contribution in [-0.4, -0.2) is 32.6 Å². The molecule has 0 aromatic heterocycles. The van der Waals surface area contributed by atoms with Gasteiger partial charge in [-0.3, -0.25) is 4.79 Å². The van der Waals surface area contributed by atoms with Crippen molar-refractivity contribution in [3.05, 3.63) is 24.3 Å². The van der Waals surface area contributed by atoms with Gasteiger partial charge in [-0.05, 0) is 36.6 Å². The highest BCUT2D eigenvalue weighted by molar-refractivity contribution is 7.89. The molecule has 0 spiro atoms. The van der Waals surface area contributed by atoms with Crippen LogP contribution in [0.1, 0.15) is 20.3 Å². The molecule has 0 radical (unpaired) electrons. The lowest BCUT2D eigenvalue weighted by Gasteiger charge is -2.09. The molecule has 0 saturated heterocycles. The maximum atomic E-state index is 11.7. The lowest BCUT2D eigenvalue weighted by molar-refractivity contribution is -0.135. The van der Waals surface area contributed by atoms with Crippen molar-refractivity contribution in [2.24, 2.45) is 5.92 Å². The van der Waals surface area contributed by atoms with Crippen LogP contribution < -0.4 is 9.46 Å². The monoisotopic (exact) mass is 301 g/mol. The molecule has 20 heavy (non-hydrogen) atoms. The Balaban J connectivity index is 2.63. The molecule has 6 nitrogen and oxygen atoms in total.